The van der Waals surface area contributed by atoms with Crippen molar-refractivity contribution in [3.63, 3.8) is 0 Å². The molecule has 2 fully saturated rings. The lowest BCUT2D eigenvalue weighted by Crippen LogP contribution is -2.52. The summed E-state index contributed by atoms with van der Waals surface area (Å²) >= 11 is 8.25. The molecule has 0 unspecified atom stereocenters. The van der Waals surface area contributed by atoms with Crippen molar-refractivity contribution in [2.24, 2.45) is 11.8 Å². The number of allylic oxidation sites excluding steroid dienone is 1. The second-order valence-corrected chi connectivity index (χ2v) is 11.2. The van der Waals surface area contributed by atoms with Crippen LogP contribution in [0.1, 0.15) is 43.9 Å². The first kappa shape index (κ1) is 24.2. The molecule has 1 amide bonds. The molecule has 6 rings (SSSR count). The Labute approximate surface area is 223 Å². The minimum absolute atomic E-state index is 0.00170. The summed E-state index contributed by atoms with van der Waals surface area (Å²) in [7, 11) is 0. The Balaban J connectivity index is 1.19. The highest BCUT2D eigenvalue weighted by Gasteiger charge is 2.35. The number of nitrogens with one attached hydrogen (secondary N) is 1. The number of amides is 1. The number of hydrogen-bond acceptors (Lipinski definition) is 9. The van der Waals surface area contributed by atoms with Gasteiger partial charge in [-0.25, -0.2) is 19.9 Å². The van der Waals surface area contributed by atoms with Crippen LogP contribution < -0.4 is 10.2 Å². The summed E-state index contributed by atoms with van der Waals surface area (Å²) in [6, 6.07) is 1.94. The topological polar surface area (TPSA) is 114 Å². The van der Waals surface area contributed by atoms with Crippen molar-refractivity contribution in [1.82, 2.24) is 30.2 Å². The number of carbonyl (C=O) groups is 2. The third kappa shape index (κ3) is 4.80. The molecule has 0 aromatic carbocycles. The van der Waals surface area contributed by atoms with Crippen molar-refractivity contribution in [3.8, 4) is 0 Å². The molecular formula is C26H26ClN7O2S. The highest BCUT2D eigenvalue weighted by Crippen LogP contribution is 2.43. The summed E-state index contributed by atoms with van der Waals surface area (Å²) < 4.78 is 0. The predicted molar refractivity (Wildman–Crippen MR) is 141 cm³/mol. The van der Waals surface area contributed by atoms with Gasteiger partial charge in [-0.1, -0.05) is 18.5 Å². The zero-order valence-corrected chi connectivity index (χ0v) is 22.0. The predicted octanol–water partition coefficient (Wildman–Crippen LogP) is 3.80. The first-order valence-electron chi connectivity index (χ1n) is 12.6. The molecule has 0 bridgehead atoms. The molecule has 3 aromatic rings. The van der Waals surface area contributed by atoms with Gasteiger partial charge < -0.3 is 10.2 Å². The van der Waals surface area contributed by atoms with Gasteiger partial charge in [0.1, 0.15) is 17.1 Å². The zero-order chi connectivity index (χ0) is 25.5. The molecule has 1 aliphatic heterocycles. The summed E-state index contributed by atoms with van der Waals surface area (Å²) in [5.74, 6) is 1.18. The number of halogens is 1. The number of hydrogen-bond donors (Lipinski definition) is 1. The van der Waals surface area contributed by atoms with Gasteiger partial charge in [-0.3, -0.25) is 14.6 Å². The van der Waals surface area contributed by atoms with E-state index in [1.807, 2.05) is 6.07 Å². The molecule has 3 aromatic heterocycles. The van der Waals surface area contributed by atoms with E-state index in [0.717, 1.165) is 58.5 Å². The van der Waals surface area contributed by atoms with Gasteiger partial charge in [0, 0.05) is 74.2 Å². The Morgan fingerprint density at radius 1 is 1.22 bits per heavy atom. The van der Waals surface area contributed by atoms with Gasteiger partial charge in [-0.15, -0.1) is 0 Å². The summed E-state index contributed by atoms with van der Waals surface area (Å²) in [5.41, 5.74) is 4.38. The minimum Gasteiger partial charge on any atom is -0.355 e. The lowest BCUT2D eigenvalue weighted by atomic mass is 9.98. The number of anilines is 1. The number of carbonyl (C=O) groups excluding carboxylic acids is 2. The van der Waals surface area contributed by atoms with Crippen LogP contribution in [0.15, 0.2) is 40.3 Å². The van der Waals surface area contributed by atoms with Gasteiger partial charge in [-0.05, 0) is 36.2 Å². The summed E-state index contributed by atoms with van der Waals surface area (Å²) in [4.78, 5) is 49.8. The lowest BCUT2D eigenvalue weighted by Gasteiger charge is -2.41. The molecule has 2 aliphatic carbocycles. The van der Waals surface area contributed by atoms with E-state index in [9.17, 15) is 9.59 Å². The second-order valence-electron chi connectivity index (χ2n) is 9.77. The van der Waals surface area contributed by atoms with E-state index in [2.05, 4.69) is 32.1 Å². The maximum Gasteiger partial charge on any atom is 0.223 e. The number of rotatable bonds is 7. The first-order chi connectivity index (χ1) is 18.0. The summed E-state index contributed by atoms with van der Waals surface area (Å²) in [6.07, 6.45) is 8.19. The number of ketones is 1. The van der Waals surface area contributed by atoms with E-state index in [0.29, 0.717) is 42.5 Å². The van der Waals surface area contributed by atoms with Crippen LogP contribution in [0.4, 0.5) is 5.82 Å². The first-order valence-corrected chi connectivity index (χ1v) is 13.8. The van der Waals surface area contributed by atoms with Crippen LogP contribution in [-0.4, -0.2) is 56.2 Å². The van der Waals surface area contributed by atoms with Gasteiger partial charge in [0.05, 0.1) is 16.3 Å². The van der Waals surface area contributed by atoms with Crippen LogP contribution in [-0.2, 0) is 16.0 Å². The highest BCUT2D eigenvalue weighted by atomic mass is 35.5. The fourth-order valence-corrected chi connectivity index (χ4v) is 6.30. The van der Waals surface area contributed by atoms with Crippen LogP contribution in [0.25, 0.3) is 16.2 Å². The monoisotopic (exact) mass is 535 g/mol. The van der Waals surface area contributed by atoms with Crippen molar-refractivity contribution in [3.05, 3.63) is 41.5 Å². The maximum atomic E-state index is 12.4. The molecular weight excluding hydrogens is 510 g/mol. The standard InChI is InChI=1S/C26H26ClN7O2S/c1-2-15-8-19-21(22(15)27)24(34-12-14(13-34)10-31-25(36)16-3-4-17(35)7-16)33-26(32-19)37-18-9-20-23(30-11-18)29-6-5-28-20/h5-6,9,11,14,16H,2-4,7-8,10,12-13H2,1H3,(H,31,36)/t16-/m1/s1. The van der Waals surface area contributed by atoms with Crippen molar-refractivity contribution in [2.75, 3.05) is 24.5 Å². The van der Waals surface area contributed by atoms with E-state index in [1.54, 1.807) is 18.6 Å². The smallest absolute Gasteiger partial charge is 0.223 e. The van der Waals surface area contributed by atoms with Crippen molar-refractivity contribution in [1.29, 1.82) is 0 Å². The number of nitrogens with zero attached hydrogens (tertiary/aromatic N) is 6. The van der Waals surface area contributed by atoms with E-state index < -0.39 is 0 Å². The van der Waals surface area contributed by atoms with E-state index >= 15 is 0 Å². The van der Waals surface area contributed by atoms with Crippen LogP contribution in [0.5, 0.6) is 0 Å². The van der Waals surface area contributed by atoms with E-state index in [4.69, 9.17) is 21.6 Å². The normalized spacial score (nSPS) is 19.5. The molecule has 1 saturated carbocycles. The largest absolute Gasteiger partial charge is 0.355 e. The number of fused-ring (bicyclic) bond motifs is 2. The van der Waals surface area contributed by atoms with Crippen molar-refractivity contribution >= 4 is 57.1 Å². The Hall–Kier alpha value is -3.11. The lowest BCUT2D eigenvalue weighted by molar-refractivity contribution is -0.126. The molecule has 1 N–H and O–H groups in total. The third-order valence-electron chi connectivity index (χ3n) is 7.23. The van der Waals surface area contributed by atoms with Crippen LogP contribution in [0, 0.1) is 11.8 Å². The SMILES string of the molecule is CCC1=C(Cl)c2c(nc(Sc3cnc4nccnc4c3)nc2N2CC(CNC(=O)[C@@H]3CCC(=O)C3)C2)C1. The quantitative estimate of drug-likeness (QED) is 0.451. The number of Topliss-reactive ketones (excluding diaryl/α,β-unsaturated/α-hetero) is 1. The Morgan fingerprint density at radius 3 is 2.84 bits per heavy atom. The van der Waals surface area contributed by atoms with Gasteiger partial charge in [0.25, 0.3) is 0 Å². The molecule has 11 heteroatoms. The van der Waals surface area contributed by atoms with Gasteiger partial charge in [-0.2, -0.15) is 0 Å². The number of pyridine rings is 1. The van der Waals surface area contributed by atoms with E-state index in [1.165, 1.54) is 17.3 Å². The minimum atomic E-state index is -0.166. The van der Waals surface area contributed by atoms with Crippen LogP contribution in [0.2, 0.25) is 0 Å². The van der Waals surface area contributed by atoms with E-state index in [-0.39, 0.29) is 17.6 Å². The third-order valence-corrected chi connectivity index (χ3v) is 8.51. The fourth-order valence-electron chi connectivity index (χ4n) is 5.14. The second kappa shape index (κ2) is 9.98. The number of aromatic nitrogens is 5. The Kier molecular flexibility index (Phi) is 6.54. The van der Waals surface area contributed by atoms with Gasteiger partial charge in [0.2, 0.25) is 5.91 Å². The summed E-state index contributed by atoms with van der Waals surface area (Å²) in [6.45, 7) is 4.25. The van der Waals surface area contributed by atoms with Crippen LogP contribution in [0.3, 0.4) is 0 Å². The molecule has 3 aliphatic rings. The fraction of sp³-hybridized carbons (Fsp3) is 0.423. The highest BCUT2D eigenvalue weighted by molar-refractivity contribution is 7.99. The molecule has 9 nitrogen and oxygen atoms in total. The molecule has 4 heterocycles. The van der Waals surface area contributed by atoms with Crippen molar-refractivity contribution in [2.45, 2.75) is 49.1 Å². The molecule has 0 spiro atoms. The Morgan fingerprint density at radius 2 is 2.05 bits per heavy atom. The van der Waals surface area contributed by atoms with Gasteiger partial charge >= 0.3 is 0 Å². The zero-order valence-electron chi connectivity index (χ0n) is 20.4. The molecule has 190 valence electrons. The maximum absolute atomic E-state index is 12.4. The van der Waals surface area contributed by atoms with Crippen molar-refractivity contribution < 1.29 is 9.59 Å². The molecule has 1 atom stereocenters. The molecule has 37 heavy (non-hydrogen) atoms. The Bertz CT molecular complexity index is 1440. The van der Waals surface area contributed by atoms with Gasteiger partial charge in [0.15, 0.2) is 10.8 Å². The molecule has 1 saturated heterocycles. The van der Waals surface area contributed by atoms with Crippen LogP contribution >= 0.6 is 23.4 Å². The molecule has 0 radical (unpaired) electrons. The average Bonchev–Trinajstić information content (AvgIpc) is 3.45. The summed E-state index contributed by atoms with van der Waals surface area (Å²) in [5, 5.41) is 4.45. The average molecular weight is 536 g/mol.